The van der Waals surface area contributed by atoms with Crippen LogP contribution in [0.3, 0.4) is 0 Å². The first kappa shape index (κ1) is 15.2. The van der Waals surface area contributed by atoms with Gasteiger partial charge in [-0.15, -0.1) is 0 Å². The molecule has 2 atom stereocenters. The summed E-state index contributed by atoms with van der Waals surface area (Å²) in [7, 11) is 0. The number of nitrogens with zero attached hydrogens (tertiary/aromatic N) is 1. The van der Waals surface area contributed by atoms with Crippen LogP contribution in [0.1, 0.15) is 37.1 Å². The molecule has 0 aliphatic carbocycles. The Labute approximate surface area is 127 Å². The molecule has 0 fully saturated rings. The van der Waals surface area contributed by atoms with Crippen LogP contribution >= 0.6 is 23.2 Å². The Bertz CT molecular complexity index is 590. The van der Waals surface area contributed by atoms with Gasteiger partial charge in [-0.25, -0.2) is 4.39 Å². The van der Waals surface area contributed by atoms with Crippen molar-refractivity contribution < 1.29 is 4.39 Å². The van der Waals surface area contributed by atoms with Gasteiger partial charge in [0, 0.05) is 35.1 Å². The smallest absolute Gasteiger partial charge is 0.142 e. The third-order valence-electron chi connectivity index (χ3n) is 3.20. The van der Waals surface area contributed by atoms with Crippen LogP contribution < -0.4 is 5.32 Å². The fraction of sp³-hybridized carbons (Fsp3) is 0.267. The van der Waals surface area contributed by atoms with Crippen LogP contribution in [0.5, 0.6) is 0 Å². The SMILES string of the molecule is CC(NC(C)c1c(Cl)ccc(F)c1Cl)c1cccnc1. The van der Waals surface area contributed by atoms with E-state index < -0.39 is 5.82 Å². The van der Waals surface area contributed by atoms with Gasteiger partial charge >= 0.3 is 0 Å². The summed E-state index contributed by atoms with van der Waals surface area (Å²) in [5.74, 6) is -0.464. The molecule has 0 saturated heterocycles. The predicted molar refractivity (Wildman–Crippen MR) is 80.6 cm³/mol. The third-order valence-corrected chi connectivity index (χ3v) is 3.91. The van der Waals surface area contributed by atoms with Crippen molar-refractivity contribution in [3.05, 3.63) is 63.6 Å². The molecular weight excluding hydrogens is 298 g/mol. The number of halogens is 3. The predicted octanol–water partition coefficient (Wildman–Crippen LogP) is 4.94. The summed E-state index contributed by atoms with van der Waals surface area (Å²) < 4.78 is 13.6. The summed E-state index contributed by atoms with van der Waals surface area (Å²) in [6.45, 7) is 3.91. The van der Waals surface area contributed by atoms with E-state index in [4.69, 9.17) is 23.2 Å². The Balaban J connectivity index is 2.21. The van der Waals surface area contributed by atoms with Crippen LogP contribution in [-0.2, 0) is 0 Å². The van der Waals surface area contributed by atoms with Crippen molar-refractivity contribution in [2.45, 2.75) is 25.9 Å². The summed E-state index contributed by atoms with van der Waals surface area (Å²) >= 11 is 12.1. The molecule has 1 aromatic carbocycles. The van der Waals surface area contributed by atoms with Crippen LogP contribution in [0.25, 0.3) is 0 Å². The van der Waals surface area contributed by atoms with Crippen molar-refractivity contribution in [3.8, 4) is 0 Å². The van der Waals surface area contributed by atoms with Crippen molar-refractivity contribution in [1.82, 2.24) is 10.3 Å². The molecule has 0 saturated carbocycles. The van der Waals surface area contributed by atoms with E-state index >= 15 is 0 Å². The number of aromatic nitrogens is 1. The zero-order valence-electron chi connectivity index (χ0n) is 11.2. The van der Waals surface area contributed by atoms with Crippen LogP contribution in [0.15, 0.2) is 36.7 Å². The van der Waals surface area contributed by atoms with Crippen molar-refractivity contribution in [3.63, 3.8) is 0 Å². The van der Waals surface area contributed by atoms with Gasteiger partial charge in [-0.2, -0.15) is 0 Å². The van der Waals surface area contributed by atoms with Gasteiger partial charge in [-0.3, -0.25) is 4.98 Å². The number of benzene rings is 1. The Morgan fingerprint density at radius 3 is 2.55 bits per heavy atom. The summed E-state index contributed by atoms with van der Waals surface area (Å²) in [4.78, 5) is 4.08. The Morgan fingerprint density at radius 2 is 1.90 bits per heavy atom. The second-order valence-electron chi connectivity index (χ2n) is 4.65. The van der Waals surface area contributed by atoms with Crippen molar-refractivity contribution in [1.29, 1.82) is 0 Å². The van der Waals surface area contributed by atoms with Gasteiger partial charge in [-0.1, -0.05) is 29.3 Å². The highest BCUT2D eigenvalue weighted by Gasteiger charge is 2.19. The molecule has 0 amide bonds. The van der Waals surface area contributed by atoms with E-state index in [1.807, 2.05) is 26.0 Å². The second-order valence-corrected chi connectivity index (χ2v) is 5.44. The number of nitrogens with one attached hydrogen (secondary N) is 1. The highest BCUT2D eigenvalue weighted by Crippen LogP contribution is 2.33. The molecule has 1 N–H and O–H groups in total. The maximum absolute atomic E-state index is 13.6. The number of hydrogen-bond donors (Lipinski definition) is 1. The van der Waals surface area contributed by atoms with Crippen LogP contribution in [-0.4, -0.2) is 4.98 Å². The van der Waals surface area contributed by atoms with E-state index in [0.29, 0.717) is 10.6 Å². The molecule has 5 heteroatoms. The van der Waals surface area contributed by atoms with Gasteiger partial charge in [0.1, 0.15) is 5.82 Å². The van der Waals surface area contributed by atoms with Gasteiger partial charge in [0.15, 0.2) is 0 Å². The first-order valence-corrected chi connectivity index (χ1v) is 7.05. The molecule has 0 aliphatic heterocycles. The van der Waals surface area contributed by atoms with Gasteiger partial charge < -0.3 is 5.32 Å². The minimum atomic E-state index is -0.464. The zero-order valence-corrected chi connectivity index (χ0v) is 12.7. The van der Waals surface area contributed by atoms with Crippen LogP contribution in [0.4, 0.5) is 4.39 Å². The minimum absolute atomic E-state index is 0.0501. The molecular formula is C15H15Cl2FN2. The third kappa shape index (κ3) is 3.29. The average Bonchev–Trinajstić information content (AvgIpc) is 2.44. The molecule has 2 unspecified atom stereocenters. The molecule has 0 aliphatic rings. The molecule has 2 aromatic rings. The van der Waals surface area contributed by atoms with Gasteiger partial charge in [0.2, 0.25) is 0 Å². The molecule has 1 aromatic heterocycles. The topological polar surface area (TPSA) is 24.9 Å². The average molecular weight is 313 g/mol. The monoisotopic (exact) mass is 312 g/mol. The highest BCUT2D eigenvalue weighted by molar-refractivity contribution is 6.36. The Hall–Kier alpha value is -1.16. The standard InChI is InChI=1S/C15H15Cl2FN2/c1-9(11-4-3-7-19-8-11)20-10(2)14-12(16)5-6-13(18)15(14)17/h3-10,20H,1-2H3. The summed E-state index contributed by atoms with van der Waals surface area (Å²) in [5, 5.41) is 3.86. The summed E-state index contributed by atoms with van der Waals surface area (Å²) in [5.41, 5.74) is 1.62. The molecule has 2 nitrogen and oxygen atoms in total. The van der Waals surface area contributed by atoms with E-state index in [-0.39, 0.29) is 17.1 Å². The Morgan fingerprint density at radius 1 is 1.15 bits per heavy atom. The van der Waals surface area contributed by atoms with Crippen molar-refractivity contribution in [2.75, 3.05) is 0 Å². The molecule has 0 spiro atoms. The first-order chi connectivity index (χ1) is 9.50. The largest absolute Gasteiger partial charge is 0.303 e. The molecule has 2 rings (SSSR count). The van der Waals surface area contributed by atoms with Crippen molar-refractivity contribution >= 4 is 23.2 Å². The van der Waals surface area contributed by atoms with Gasteiger partial charge in [-0.05, 0) is 37.6 Å². The summed E-state index contributed by atoms with van der Waals surface area (Å²) in [6, 6.07) is 6.51. The summed E-state index contributed by atoms with van der Waals surface area (Å²) in [6.07, 6.45) is 3.51. The molecule has 0 radical (unpaired) electrons. The molecule has 20 heavy (non-hydrogen) atoms. The lowest BCUT2D eigenvalue weighted by atomic mass is 10.0. The normalized spacial score (nSPS) is 14.1. The lowest BCUT2D eigenvalue weighted by Gasteiger charge is -2.22. The zero-order chi connectivity index (χ0) is 14.7. The highest BCUT2D eigenvalue weighted by atomic mass is 35.5. The number of hydrogen-bond acceptors (Lipinski definition) is 2. The second kappa shape index (κ2) is 6.53. The van der Waals surface area contributed by atoms with E-state index in [9.17, 15) is 4.39 Å². The van der Waals surface area contributed by atoms with E-state index in [2.05, 4.69) is 10.3 Å². The van der Waals surface area contributed by atoms with Crippen LogP contribution in [0.2, 0.25) is 10.0 Å². The lowest BCUT2D eigenvalue weighted by Crippen LogP contribution is -2.23. The minimum Gasteiger partial charge on any atom is -0.303 e. The number of pyridine rings is 1. The fourth-order valence-corrected chi connectivity index (χ4v) is 2.82. The maximum atomic E-state index is 13.6. The van der Waals surface area contributed by atoms with E-state index in [1.165, 1.54) is 12.1 Å². The van der Waals surface area contributed by atoms with Crippen LogP contribution in [0, 0.1) is 5.82 Å². The molecule has 0 bridgehead atoms. The Kier molecular flexibility index (Phi) is 4.97. The van der Waals surface area contributed by atoms with Gasteiger partial charge in [0.05, 0.1) is 5.02 Å². The molecule has 106 valence electrons. The maximum Gasteiger partial charge on any atom is 0.142 e. The van der Waals surface area contributed by atoms with E-state index in [0.717, 1.165) is 5.56 Å². The quantitative estimate of drug-likeness (QED) is 0.809. The van der Waals surface area contributed by atoms with Crippen molar-refractivity contribution in [2.24, 2.45) is 0 Å². The first-order valence-electron chi connectivity index (χ1n) is 6.30. The van der Waals surface area contributed by atoms with E-state index in [1.54, 1.807) is 12.4 Å². The number of rotatable bonds is 4. The van der Waals surface area contributed by atoms with Gasteiger partial charge in [0.25, 0.3) is 0 Å². The fourth-order valence-electron chi connectivity index (χ4n) is 2.13. The molecule has 1 heterocycles. The lowest BCUT2D eigenvalue weighted by molar-refractivity contribution is 0.491.